The third kappa shape index (κ3) is 20.1. The molecule has 0 fully saturated rings. The summed E-state index contributed by atoms with van der Waals surface area (Å²) in [6, 6.07) is 10.3. The van der Waals surface area contributed by atoms with E-state index in [0.717, 1.165) is 0 Å². The van der Waals surface area contributed by atoms with Crippen molar-refractivity contribution in [2.24, 2.45) is 0 Å². The number of carboxylic acids is 1. The van der Waals surface area contributed by atoms with E-state index in [0.29, 0.717) is 0 Å². The first-order valence-corrected chi connectivity index (χ1v) is 9.22. The minimum atomic E-state index is -1.19. The molecule has 13 nitrogen and oxygen atoms in total. The molecule has 33 heavy (non-hydrogen) atoms. The summed E-state index contributed by atoms with van der Waals surface area (Å²) in [7, 11) is 0. The van der Waals surface area contributed by atoms with Gasteiger partial charge in [0, 0.05) is 0 Å². The van der Waals surface area contributed by atoms with Gasteiger partial charge in [-0.15, -0.1) is 0 Å². The molecule has 0 heterocycles. The molecule has 0 saturated carbocycles. The van der Waals surface area contributed by atoms with Crippen molar-refractivity contribution in [3.05, 3.63) is 35.9 Å². The number of carbonyl (C=O) groups is 5. The van der Waals surface area contributed by atoms with Gasteiger partial charge in [-0.3, -0.25) is 19.2 Å². The van der Waals surface area contributed by atoms with Crippen molar-refractivity contribution in [1.82, 2.24) is 26.6 Å². The Kier molecular flexibility index (Phi) is 17.4. The smallest absolute Gasteiger partial charge is 0.329 e. The number of carboxylic acid groups (broad SMARTS) is 1. The molecule has 14 heteroatoms. The standard InChI is InChI=1S/C12H18N5O8.C7H8.Fm/c18-6-13-1-8(19)14-2-9(20)15-3-10(21)16-4-11(22)17-7-25-5-12(23)24;1-7-5-3-2-4-6-7;/h1-5,7H2,(H,13,18)(H,14,19)(H,15,20)(H,16,21)(H,17,22)(H,23,24);2-6H,1H3;/q-1;;. The van der Waals surface area contributed by atoms with E-state index in [2.05, 4.69) is 45.1 Å². The average Bonchev–Trinajstić information content (AvgIpc) is 2.77. The molecule has 0 spiro atoms. The fraction of sp³-hybridized carbons (Fsp3) is 0.368. The quantitative estimate of drug-likeness (QED) is 0.0547. The van der Waals surface area contributed by atoms with Crippen molar-refractivity contribution < 1.29 is 38.6 Å². The first kappa shape index (κ1) is 30.2. The van der Waals surface area contributed by atoms with Crippen molar-refractivity contribution in [1.29, 1.82) is 0 Å². The normalized spacial score (nSPS) is 9.00. The van der Waals surface area contributed by atoms with E-state index in [9.17, 15) is 28.8 Å². The van der Waals surface area contributed by atoms with Gasteiger partial charge in [-0.25, -0.2) is 4.79 Å². The number of ether oxygens (including phenoxy) is 1. The number of nitrogens with one attached hydrogen (secondary N) is 5. The van der Waals surface area contributed by atoms with Gasteiger partial charge in [-0.05, 0) is 6.92 Å². The van der Waals surface area contributed by atoms with Gasteiger partial charge >= 0.3 is 5.97 Å². The number of hydrogen-bond acceptors (Lipinski definition) is 7. The van der Waals surface area contributed by atoms with Crippen LogP contribution in [0, 0.1) is 6.92 Å². The van der Waals surface area contributed by atoms with E-state index in [1.54, 1.807) is 0 Å². The summed E-state index contributed by atoms with van der Waals surface area (Å²) in [5.41, 5.74) is 1.32. The molecule has 0 saturated heterocycles. The number of rotatable bonds is 13. The minimum Gasteiger partial charge on any atom is -0.522 e. The molecular formula is C19H26FmN5O8-. The number of carbonyl (C=O) groups excluding carboxylic acids is 5. The number of aliphatic carboxylic acids is 1. The van der Waals surface area contributed by atoms with E-state index in [1.165, 1.54) is 12.0 Å². The zero-order valence-corrected chi connectivity index (χ0v) is 20.1. The molecule has 5 amide bonds. The van der Waals surface area contributed by atoms with Crippen LogP contribution in [0.3, 0.4) is 0 Å². The average molecular weight is 709 g/mol. The first-order chi connectivity index (χ1) is 15.2. The van der Waals surface area contributed by atoms with Crippen LogP contribution in [0.2, 0.25) is 0 Å². The zero-order valence-electron chi connectivity index (χ0n) is 17.7. The van der Waals surface area contributed by atoms with Crippen molar-refractivity contribution in [3.8, 4) is 0 Å². The van der Waals surface area contributed by atoms with Crippen molar-refractivity contribution in [2.75, 3.05) is 39.5 Å². The van der Waals surface area contributed by atoms with E-state index in [4.69, 9.17) is 5.11 Å². The predicted octanol–water partition coefficient (Wildman–Crippen LogP) is -2.84. The number of hydrogen-bond donors (Lipinski definition) is 6. The van der Waals surface area contributed by atoms with E-state index < -0.39 is 55.8 Å². The molecule has 1 rings (SSSR count). The fourth-order valence-electron chi connectivity index (χ4n) is 1.71. The maximum Gasteiger partial charge on any atom is 0.329 e. The summed E-state index contributed by atoms with van der Waals surface area (Å²) in [6.07, 6.45) is 1.29. The minimum absolute atomic E-state index is 0. The summed E-state index contributed by atoms with van der Waals surface area (Å²) in [5, 5.41) is 19.1. The fourth-order valence-corrected chi connectivity index (χ4v) is 1.71. The molecule has 1 aromatic rings. The maximum atomic E-state index is 11.4. The van der Waals surface area contributed by atoms with Crippen LogP contribution in [-0.4, -0.2) is 80.6 Å². The Balaban J connectivity index is 0. The SMILES string of the molecule is Cc1ccccc1.O=[C-]NCC(=O)NCC(=O)NCC(=O)NCC(=O)NCOCC(=O)O.[Fm]. The maximum absolute atomic E-state index is 11.4. The largest absolute Gasteiger partial charge is 0.522 e. The van der Waals surface area contributed by atoms with Crippen LogP contribution >= 0.6 is 0 Å². The molecular weight excluding hydrogens is 683 g/mol. The number of aryl methyl sites for hydroxylation is 1. The summed E-state index contributed by atoms with van der Waals surface area (Å²) in [6.45, 7) is -0.350. The second-order valence-electron chi connectivity index (χ2n) is 5.93. The summed E-state index contributed by atoms with van der Waals surface area (Å²) < 4.78 is 4.56. The molecule has 0 unspecified atom stereocenters. The third-order valence-corrected chi connectivity index (χ3v) is 3.20. The monoisotopic (exact) mass is 709 g/mol. The molecule has 0 aromatic heterocycles. The number of benzene rings is 1. The van der Waals surface area contributed by atoms with Crippen LogP contribution in [0.15, 0.2) is 30.3 Å². The Morgan fingerprint density at radius 2 is 1.27 bits per heavy atom. The summed E-state index contributed by atoms with van der Waals surface area (Å²) in [4.78, 5) is 65.1. The Morgan fingerprint density at radius 1 is 0.818 bits per heavy atom. The Labute approximate surface area is 184 Å². The van der Waals surface area contributed by atoms with E-state index in [1.807, 2.05) is 23.5 Å². The van der Waals surface area contributed by atoms with Crippen LogP contribution in [-0.2, 0) is 33.5 Å². The van der Waals surface area contributed by atoms with E-state index in [-0.39, 0.29) is 13.3 Å². The van der Waals surface area contributed by atoms with Crippen LogP contribution in [0.4, 0.5) is 0 Å². The van der Waals surface area contributed by atoms with Crippen molar-refractivity contribution >= 4 is 36.0 Å². The molecule has 0 bridgehead atoms. The van der Waals surface area contributed by atoms with Crippen LogP contribution in [0.1, 0.15) is 5.56 Å². The van der Waals surface area contributed by atoms with Gasteiger partial charge in [0.05, 0.1) is 26.2 Å². The van der Waals surface area contributed by atoms with Crippen LogP contribution in [0.5, 0.6) is 0 Å². The van der Waals surface area contributed by atoms with Crippen molar-refractivity contribution in [2.45, 2.75) is 6.92 Å². The van der Waals surface area contributed by atoms with E-state index >= 15 is 0 Å². The topological polar surface area (TPSA) is 192 Å². The summed E-state index contributed by atoms with van der Waals surface area (Å²) in [5.74, 6) is -3.71. The van der Waals surface area contributed by atoms with Gasteiger partial charge in [0.25, 0.3) is 0 Å². The molecule has 0 aliphatic rings. The first-order valence-electron chi connectivity index (χ1n) is 9.22. The van der Waals surface area contributed by atoms with Gasteiger partial charge in [0.1, 0.15) is 13.3 Å². The number of amides is 5. The second kappa shape index (κ2) is 19.0. The van der Waals surface area contributed by atoms with Crippen LogP contribution < -0.4 is 26.6 Å². The van der Waals surface area contributed by atoms with Crippen LogP contribution in [0.25, 0.3) is 0 Å². The van der Waals surface area contributed by atoms with Gasteiger partial charge in [0.2, 0.25) is 23.6 Å². The Bertz CT molecular complexity index is 764. The Morgan fingerprint density at radius 3 is 1.67 bits per heavy atom. The summed E-state index contributed by atoms with van der Waals surface area (Å²) >= 11 is 0. The molecule has 1 aromatic carbocycles. The molecule has 0 aliphatic heterocycles. The van der Waals surface area contributed by atoms with Gasteiger partial charge in [-0.2, -0.15) is 6.41 Å². The second-order valence-corrected chi connectivity index (χ2v) is 5.93. The molecule has 0 radical (unpaired) electrons. The Hall–Kier alpha value is -5.00. The molecule has 0 atom stereocenters. The molecule has 0 aliphatic carbocycles. The predicted molar refractivity (Wildman–Crippen MR) is 111 cm³/mol. The van der Waals surface area contributed by atoms with Gasteiger partial charge < -0.3 is 41.2 Å². The van der Waals surface area contributed by atoms with Crippen molar-refractivity contribution in [3.63, 3.8) is 0 Å². The third-order valence-electron chi connectivity index (χ3n) is 3.20. The van der Waals surface area contributed by atoms with Gasteiger partial charge in [-0.1, -0.05) is 35.9 Å². The van der Waals surface area contributed by atoms with Gasteiger partial charge in [0.15, 0.2) is 0 Å². The molecule has 188 valence electrons. The molecule has 6 N–H and O–H groups in total. The zero-order chi connectivity index (χ0) is 24.2.